The van der Waals surface area contributed by atoms with Crippen LogP contribution in [0.25, 0.3) is 0 Å². The molecule has 0 aliphatic carbocycles. The first-order valence-corrected chi connectivity index (χ1v) is 14.1. The van der Waals surface area contributed by atoms with Crippen molar-refractivity contribution in [2.75, 3.05) is 19.7 Å². The van der Waals surface area contributed by atoms with Gasteiger partial charge in [0, 0.05) is 29.2 Å². The highest BCUT2D eigenvalue weighted by molar-refractivity contribution is 6.35. The molecule has 1 saturated heterocycles. The number of piperidine rings is 1. The Morgan fingerprint density at radius 2 is 1.95 bits per heavy atom. The zero-order valence-corrected chi connectivity index (χ0v) is 25.1. The lowest BCUT2D eigenvalue weighted by molar-refractivity contribution is -0.163. The van der Waals surface area contributed by atoms with E-state index in [-0.39, 0.29) is 37.6 Å². The number of nitrogens with two attached hydrogens (primary N) is 1. The fourth-order valence-electron chi connectivity index (χ4n) is 5.21. The Morgan fingerprint density at radius 3 is 2.56 bits per heavy atom. The molecule has 10 nitrogen and oxygen atoms in total. The van der Waals surface area contributed by atoms with Gasteiger partial charge in [-0.3, -0.25) is 19.4 Å². The molecule has 1 unspecified atom stereocenters. The van der Waals surface area contributed by atoms with E-state index >= 15 is 0 Å². The summed E-state index contributed by atoms with van der Waals surface area (Å²) in [4.78, 5) is 46.4. The average molecular weight is 643 g/mol. The number of alkyl halides is 3. The first-order chi connectivity index (χ1) is 20.1. The van der Waals surface area contributed by atoms with Gasteiger partial charge in [-0.1, -0.05) is 35.3 Å². The van der Waals surface area contributed by atoms with Crippen molar-refractivity contribution in [3.63, 3.8) is 0 Å². The van der Waals surface area contributed by atoms with Crippen LogP contribution >= 0.6 is 23.2 Å². The quantitative estimate of drug-likeness (QED) is 0.431. The lowest BCUT2D eigenvalue weighted by Crippen LogP contribution is -2.66. The maximum Gasteiger partial charge on any atom is 0.408 e. The summed E-state index contributed by atoms with van der Waals surface area (Å²) in [5, 5.41) is 7.85. The summed E-state index contributed by atoms with van der Waals surface area (Å²) in [7, 11) is 0. The zero-order valence-electron chi connectivity index (χ0n) is 23.6. The van der Waals surface area contributed by atoms with Crippen LogP contribution in [-0.4, -0.2) is 81.8 Å². The number of halogens is 5. The van der Waals surface area contributed by atoms with E-state index in [1.807, 2.05) is 0 Å². The van der Waals surface area contributed by atoms with Crippen LogP contribution in [0.5, 0.6) is 0 Å². The number of benzene rings is 1. The predicted octanol–water partition coefficient (Wildman–Crippen LogP) is 3.45. The highest BCUT2D eigenvalue weighted by Crippen LogP contribution is 2.43. The largest absolute Gasteiger partial charge is 0.408 e. The van der Waals surface area contributed by atoms with Gasteiger partial charge in [0.2, 0.25) is 11.8 Å². The third kappa shape index (κ3) is 6.79. The number of amides is 3. The Labute approximate surface area is 256 Å². The fraction of sp³-hybridized carbons (Fsp3) is 0.464. The number of hydrogen-bond donors (Lipinski definition) is 2. The van der Waals surface area contributed by atoms with Crippen LogP contribution in [0.4, 0.5) is 13.2 Å². The number of rotatable bonds is 9. The van der Waals surface area contributed by atoms with Crippen molar-refractivity contribution >= 4 is 46.6 Å². The Balaban J connectivity index is 1.65. The van der Waals surface area contributed by atoms with E-state index in [0.717, 1.165) is 0 Å². The minimum Gasteiger partial charge on any atom is -0.374 e. The van der Waals surface area contributed by atoms with Gasteiger partial charge in [0.05, 0.1) is 36.2 Å². The van der Waals surface area contributed by atoms with Crippen molar-refractivity contribution in [2.45, 2.75) is 63.0 Å². The normalized spacial score (nSPS) is 21.4. The second kappa shape index (κ2) is 12.4. The van der Waals surface area contributed by atoms with Crippen molar-refractivity contribution in [1.29, 1.82) is 0 Å². The lowest BCUT2D eigenvalue weighted by atomic mass is 9.69. The molecule has 0 radical (unpaired) electrons. The third-order valence-electron chi connectivity index (χ3n) is 7.38. The number of hydrogen-bond acceptors (Lipinski definition) is 7. The van der Waals surface area contributed by atoms with Gasteiger partial charge in [-0.2, -0.15) is 18.3 Å². The molecule has 0 bridgehead atoms. The van der Waals surface area contributed by atoms with E-state index in [1.165, 1.54) is 37.1 Å². The molecule has 0 spiro atoms. The lowest BCUT2D eigenvalue weighted by Gasteiger charge is -2.46. The average Bonchev–Trinajstić information content (AvgIpc) is 3.20. The predicted molar refractivity (Wildman–Crippen MR) is 153 cm³/mol. The van der Waals surface area contributed by atoms with Gasteiger partial charge in [-0.05, 0) is 50.6 Å². The van der Waals surface area contributed by atoms with Crippen LogP contribution in [0.2, 0.25) is 10.0 Å². The van der Waals surface area contributed by atoms with Gasteiger partial charge in [0.15, 0.2) is 5.41 Å². The molecular weight excluding hydrogens is 612 g/mol. The second-order valence-corrected chi connectivity index (χ2v) is 11.8. The van der Waals surface area contributed by atoms with Crippen molar-refractivity contribution in [3.05, 3.63) is 63.9 Å². The van der Waals surface area contributed by atoms with Gasteiger partial charge >= 0.3 is 6.18 Å². The van der Waals surface area contributed by atoms with Crippen LogP contribution in [0.15, 0.2) is 47.7 Å². The standard InChI is InChI=1S/C28H31Cl2F3N6O4/c1-16-28(21-6-4-5-10-35-21)22(37-39(25(28)42)15-27(31,32)33)9-11-38(16)23(40)20(36-24(41)26(2,3)34)14-43-13-17-7-8-18(29)12-19(17)30/h4-8,10,12,16,20H,9,11,13-15,34H2,1-3H3,(H,36,41)/t16?,20-,28+/m1/s1. The summed E-state index contributed by atoms with van der Waals surface area (Å²) in [6.45, 7) is 2.60. The summed E-state index contributed by atoms with van der Waals surface area (Å²) in [6, 6.07) is 7.26. The third-order valence-corrected chi connectivity index (χ3v) is 7.97. The molecule has 15 heteroatoms. The molecule has 3 heterocycles. The Kier molecular flexibility index (Phi) is 9.41. The summed E-state index contributed by atoms with van der Waals surface area (Å²) >= 11 is 12.2. The van der Waals surface area contributed by atoms with E-state index < -0.39 is 53.5 Å². The second-order valence-electron chi connectivity index (χ2n) is 11.0. The Bertz CT molecular complexity index is 1420. The highest BCUT2D eigenvalue weighted by atomic mass is 35.5. The van der Waals surface area contributed by atoms with E-state index in [1.54, 1.807) is 31.2 Å². The molecule has 1 aromatic carbocycles. The Hall–Kier alpha value is -3.26. The number of ether oxygens (including phenoxy) is 1. The molecule has 232 valence electrons. The maximum atomic E-state index is 14.1. The van der Waals surface area contributed by atoms with Crippen LogP contribution in [0.1, 0.15) is 38.4 Å². The van der Waals surface area contributed by atoms with Crippen LogP contribution in [-0.2, 0) is 31.1 Å². The van der Waals surface area contributed by atoms with Gasteiger partial charge in [0.1, 0.15) is 12.6 Å². The summed E-state index contributed by atoms with van der Waals surface area (Å²) < 4.78 is 45.9. The first kappa shape index (κ1) is 32.6. The van der Waals surface area contributed by atoms with Crippen LogP contribution < -0.4 is 11.1 Å². The highest BCUT2D eigenvalue weighted by Gasteiger charge is 2.62. The van der Waals surface area contributed by atoms with E-state index in [4.69, 9.17) is 33.7 Å². The smallest absolute Gasteiger partial charge is 0.374 e. The molecule has 43 heavy (non-hydrogen) atoms. The zero-order chi connectivity index (χ0) is 31.7. The topological polar surface area (TPSA) is 130 Å². The van der Waals surface area contributed by atoms with Gasteiger partial charge < -0.3 is 20.7 Å². The van der Waals surface area contributed by atoms with E-state index in [2.05, 4.69) is 15.4 Å². The minimum atomic E-state index is -4.70. The molecule has 1 fully saturated rings. The van der Waals surface area contributed by atoms with E-state index in [0.29, 0.717) is 20.6 Å². The van der Waals surface area contributed by atoms with Gasteiger partial charge in [0.25, 0.3) is 5.91 Å². The fourth-order valence-corrected chi connectivity index (χ4v) is 5.67. The van der Waals surface area contributed by atoms with Crippen molar-refractivity contribution in [3.8, 4) is 0 Å². The number of aromatic nitrogens is 1. The SMILES string of the molecule is CC1N(C(=O)[C@@H](COCc2ccc(Cl)cc2Cl)NC(=O)C(C)(C)N)CCC2=NN(CC(F)(F)F)C(=O)[C@@]21c1ccccn1. The molecular formula is C28H31Cl2F3N6O4. The van der Waals surface area contributed by atoms with Crippen molar-refractivity contribution < 1.29 is 32.3 Å². The maximum absolute atomic E-state index is 14.1. The Morgan fingerprint density at radius 1 is 1.23 bits per heavy atom. The monoisotopic (exact) mass is 642 g/mol. The van der Waals surface area contributed by atoms with Gasteiger partial charge in [-0.25, -0.2) is 5.01 Å². The molecule has 2 aliphatic rings. The van der Waals surface area contributed by atoms with Crippen LogP contribution in [0.3, 0.4) is 0 Å². The van der Waals surface area contributed by atoms with Crippen molar-refractivity contribution in [1.82, 2.24) is 20.2 Å². The summed E-state index contributed by atoms with van der Waals surface area (Å²) in [6.07, 6.45) is -3.29. The molecule has 4 rings (SSSR count). The number of pyridine rings is 1. The molecule has 3 atom stereocenters. The molecule has 2 aromatic rings. The number of carbonyl (C=O) groups excluding carboxylic acids is 3. The number of nitrogens with zero attached hydrogens (tertiary/aromatic N) is 4. The van der Waals surface area contributed by atoms with E-state index in [9.17, 15) is 27.6 Å². The summed E-state index contributed by atoms with van der Waals surface area (Å²) in [5.74, 6) is -2.21. The molecule has 2 aliphatic heterocycles. The molecule has 3 amide bonds. The first-order valence-electron chi connectivity index (χ1n) is 13.4. The molecule has 1 aromatic heterocycles. The minimum absolute atomic E-state index is 0.00294. The number of nitrogens with one attached hydrogen (secondary N) is 1. The van der Waals surface area contributed by atoms with Crippen LogP contribution in [0, 0.1) is 0 Å². The van der Waals surface area contributed by atoms with Crippen molar-refractivity contribution in [2.24, 2.45) is 10.8 Å². The van der Waals surface area contributed by atoms with Gasteiger partial charge in [-0.15, -0.1) is 0 Å². The molecule has 3 N–H and O–H groups in total. The summed E-state index contributed by atoms with van der Waals surface area (Å²) in [5.41, 5.74) is 3.77. The number of carbonyl (C=O) groups is 3. The molecule has 0 saturated carbocycles. The number of hydrazone groups is 1. The number of likely N-dealkylation sites (tertiary alicyclic amines) is 1. The number of fused-ring (bicyclic) bond motifs is 1.